The third-order valence-electron chi connectivity index (χ3n) is 3.83. The van der Waals surface area contributed by atoms with E-state index in [1.165, 1.54) is 5.56 Å². The zero-order chi connectivity index (χ0) is 13.2. The van der Waals surface area contributed by atoms with E-state index in [-0.39, 0.29) is 6.10 Å². The Bertz CT molecular complexity index is 557. The Hall–Kier alpha value is -1.74. The van der Waals surface area contributed by atoms with Gasteiger partial charge in [0.25, 0.3) is 0 Å². The molecule has 0 amide bonds. The van der Waals surface area contributed by atoms with Crippen molar-refractivity contribution in [3.8, 4) is 5.75 Å². The highest BCUT2D eigenvalue weighted by Gasteiger charge is 2.18. The summed E-state index contributed by atoms with van der Waals surface area (Å²) in [5.74, 6) is 0.294. The van der Waals surface area contributed by atoms with Gasteiger partial charge in [0.1, 0.15) is 5.75 Å². The highest BCUT2D eigenvalue weighted by molar-refractivity contribution is 5.30. The molecule has 3 nitrogen and oxygen atoms in total. The monoisotopic (exact) mass is 257 g/mol. The third kappa shape index (κ3) is 2.66. The van der Waals surface area contributed by atoms with E-state index in [4.69, 9.17) is 0 Å². The number of aryl methyl sites for hydroxylation is 1. The van der Waals surface area contributed by atoms with Crippen molar-refractivity contribution in [1.82, 2.24) is 4.57 Å². The Balaban J connectivity index is 1.82. The zero-order valence-corrected chi connectivity index (χ0v) is 10.9. The minimum Gasteiger partial charge on any atom is -0.508 e. The highest BCUT2D eigenvalue weighted by atomic mass is 16.3. The fraction of sp³-hybridized carbons (Fsp3) is 0.375. The van der Waals surface area contributed by atoms with Gasteiger partial charge in [0.05, 0.1) is 6.10 Å². The van der Waals surface area contributed by atoms with Gasteiger partial charge in [0.2, 0.25) is 0 Å². The summed E-state index contributed by atoms with van der Waals surface area (Å²) >= 11 is 0. The van der Waals surface area contributed by atoms with Crippen molar-refractivity contribution in [2.75, 3.05) is 0 Å². The lowest BCUT2D eigenvalue weighted by atomic mass is 10.1. The van der Waals surface area contributed by atoms with E-state index in [1.54, 1.807) is 12.1 Å². The van der Waals surface area contributed by atoms with Crippen LogP contribution in [0, 0.1) is 0 Å². The molecule has 1 aromatic carbocycles. The second-order valence-electron chi connectivity index (χ2n) is 5.34. The Morgan fingerprint density at radius 2 is 1.89 bits per heavy atom. The summed E-state index contributed by atoms with van der Waals surface area (Å²) in [7, 11) is 0. The highest BCUT2D eigenvalue weighted by Crippen LogP contribution is 2.29. The summed E-state index contributed by atoms with van der Waals surface area (Å²) in [5.41, 5.74) is 3.53. The van der Waals surface area contributed by atoms with E-state index >= 15 is 0 Å². The van der Waals surface area contributed by atoms with Gasteiger partial charge >= 0.3 is 0 Å². The van der Waals surface area contributed by atoms with Gasteiger partial charge < -0.3 is 14.8 Å². The lowest BCUT2D eigenvalue weighted by molar-refractivity contribution is 0.166. The van der Waals surface area contributed by atoms with Crippen molar-refractivity contribution in [2.45, 2.75) is 38.3 Å². The Kier molecular flexibility index (Phi) is 3.30. The molecular formula is C16H19NO2. The maximum Gasteiger partial charge on any atom is 0.115 e. The number of phenolic OH excluding ortho intramolecular Hbond substituents is 1. The van der Waals surface area contributed by atoms with Crippen LogP contribution in [0.3, 0.4) is 0 Å². The van der Waals surface area contributed by atoms with Crippen LogP contribution in [-0.4, -0.2) is 14.8 Å². The van der Waals surface area contributed by atoms with Crippen molar-refractivity contribution < 1.29 is 10.2 Å². The first-order valence-electron chi connectivity index (χ1n) is 6.87. The summed E-state index contributed by atoms with van der Waals surface area (Å²) < 4.78 is 2.13. The molecule has 0 bridgehead atoms. The van der Waals surface area contributed by atoms with Crippen LogP contribution in [0.2, 0.25) is 0 Å². The smallest absolute Gasteiger partial charge is 0.115 e. The number of aliphatic hydroxyl groups is 1. The number of fused-ring (bicyclic) bond motifs is 1. The van der Waals surface area contributed by atoms with Crippen molar-refractivity contribution >= 4 is 0 Å². The van der Waals surface area contributed by atoms with E-state index in [9.17, 15) is 10.2 Å². The Morgan fingerprint density at radius 3 is 2.68 bits per heavy atom. The number of aromatic hydroxyl groups is 1. The minimum absolute atomic E-state index is 0.294. The summed E-state index contributed by atoms with van der Waals surface area (Å²) in [5, 5.41) is 19.4. The lowest BCUT2D eigenvalue weighted by Gasteiger charge is -2.06. The largest absolute Gasteiger partial charge is 0.508 e. The van der Waals surface area contributed by atoms with Gasteiger partial charge in [-0.15, -0.1) is 0 Å². The SMILES string of the molecule is Oc1ccc(Cn2cc3c(c2)C(O)CCCC3)cc1. The summed E-state index contributed by atoms with van der Waals surface area (Å²) in [4.78, 5) is 0. The molecule has 0 aliphatic heterocycles. The topological polar surface area (TPSA) is 45.4 Å². The molecule has 0 spiro atoms. The molecule has 1 heterocycles. The molecule has 3 rings (SSSR count). The number of aliphatic hydroxyl groups excluding tert-OH is 1. The molecule has 3 heteroatoms. The maximum atomic E-state index is 10.1. The summed E-state index contributed by atoms with van der Waals surface area (Å²) in [6.45, 7) is 0.778. The van der Waals surface area contributed by atoms with Gasteiger partial charge in [-0.05, 0) is 42.5 Å². The first-order chi connectivity index (χ1) is 9.22. The normalized spacial score (nSPS) is 18.9. The molecule has 1 aromatic heterocycles. The van der Waals surface area contributed by atoms with Gasteiger partial charge in [0, 0.05) is 24.5 Å². The van der Waals surface area contributed by atoms with E-state index in [2.05, 4.69) is 17.0 Å². The van der Waals surface area contributed by atoms with Gasteiger partial charge in [-0.2, -0.15) is 0 Å². The average Bonchev–Trinajstić information content (AvgIpc) is 2.72. The second-order valence-corrected chi connectivity index (χ2v) is 5.34. The Morgan fingerprint density at radius 1 is 1.11 bits per heavy atom. The zero-order valence-electron chi connectivity index (χ0n) is 10.9. The van der Waals surface area contributed by atoms with Crippen molar-refractivity contribution in [1.29, 1.82) is 0 Å². The molecule has 100 valence electrons. The number of phenols is 1. The van der Waals surface area contributed by atoms with Crippen LogP contribution in [0.5, 0.6) is 5.75 Å². The minimum atomic E-state index is -0.307. The molecule has 0 radical (unpaired) electrons. The quantitative estimate of drug-likeness (QED) is 0.812. The molecule has 0 fully saturated rings. The predicted molar refractivity (Wildman–Crippen MR) is 74.2 cm³/mol. The van der Waals surface area contributed by atoms with Crippen LogP contribution in [0.4, 0.5) is 0 Å². The van der Waals surface area contributed by atoms with E-state index in [0.29, 0.717) is 5.75 Å². The van der Waals surface area contributed by atoms with Crippen molar-refractivity contribution in [3.63, 3.8) is 0 Å². The second kappa shape index (κ2) is 5.10. The first-order valence-corrected chi connectivity index (χ1v) is 6.87. The first kappa shape index (κ1) is 12.3. The fourth-order valence-corrected chi connectivity index (χ4v) is 2.79. The summed E-state index contributed by atoms with van der Waals surface area (Å²) in [6, 6.07) is 7.27. The van der Waals surface area contributed by atoms with Gasteiger partial charge in [-0.1, -0.05) is 18.6 Å². The van der Waals surface area contributed by atoms with E-state index < -0.39 is 0 Å². The summed E-state index contributed by atoms with van der Waals surface area (Å²) in [6.07, 6.45) is 8.11. The molecule has 1 aliphatic carbocycles. The third-order valence-corrected chi connectivity index (χ3v) is 3.83. The number of hydrogen-bond donors (Lipinski definition) is 2. The van der Waals surface area contributed by atoms with Crippen LogP contribution in [0.15, 0.2) is 36.7 Å². The van der Waals surface area contributed by atoms with Crippen molar-refractivity contribution in [2.24, 2.45) is 0 Å². The lowest BCUT2D eigenvalue weighted by Crippen LogP contribution is -1.98. The van der Waals surface area contributed by atoms with Gasteiger partial charge in [0.15, 0.2) is 0 Å². The number of benzene rings is 1. The van der Waals surface area contributed by atoms with Crippen LogP contribution in [0.25, 0.3) is 0 Å². The van der Waals surface area contributed by atoms with Crippen LogP contribution in [-0.2, 0) is 13.0 Å². The van der Waals surface area contributed by atoms with Crippen molar-refractivity contribution in [3.05, 3.63) is 53.3 Å². The van der Waals surface area contributed by atoms with Crippen LogP contribution < -0.4 is 0 Å². The fourth-order valence-electron chi connectivity index (χ4n) is 2.79. The molecular weight excluding hydrogens is 238 g/mol. The van der Waals surface area contributed by atoms with Gasteiger partial charge in [-0.3, -0.25) is 0 Å². The molecule has 19 heavy (non-hydrogen) atoms. The Labute approximate surface area is 113 Å². The van der Waals surface area contributed by atoms with Crippen LogP contribution in [0.1, 0.15) is 42.1 Å². The number of aromatic nitrogens is 1. The standard InChI is InChI=1S/C16H19NO2/c18-14-7-5-12(6-8-14)9-17-10-13-3-1-2-4-16(19)15(13)11-17/h5-8,10-11,16,18-19H,1-4,9H2. The molecule has 1 atom stereocenters. The molecule has 1 aliphatic rings. The van der Waals surface area contributed by atoms with Gasteiger partial charge in [-0.25, -0.2) is 0 Å². The predicted octanol–water partition coefficient (Wildman–Crippen LogP) is 3.00. The van der Waals surface area contributed by atoms with E-state index in [1.807, 2.05) is 12.1 Å². The number of hydrogen-bond acceptors (Lipinski definition) is 2. The molecule has 1 unspecified atom stereocenters. The van der Waals surface area contributed by atoms with Crippen LogP contribution >= 0.6 is 0 Å². The maximum absolute atomic E-state index is 10.1. The number of rotatable bonds is 2. The average molecular weight is 257 g/mol. The molecule has 0 saturated heterocycles. The number of nitrogens with zero attached hydrogens (tertiary/aromatic N) is 1. The van der Waals surface area contributed by atoms with E-state index in [0.717, 1.165) is 43.4 Å². The molecule has 2 N–H and O–H groups in total. The molecule has 2 aromatic rings. The molecule has 0 saturated carbocycles.